The molecule has 1 unspecified atom stereocenters. The van der Waals surface area contributed by atoms with Gasteiger partial charge in [0.05, 0.1) is 10.5 Å². The standard InChI is InChI=1S/C13H18FN3O2S2/c1-9-8-16(2)6-7-17(9)21(18,19)11-5-3-4-10(14)12(11)13(15)20/h3-5,9H,6-8H2,1-2H3,(H2,15,20). The lowest BCUT2D eigenvalue weighted by Gasteiger charge is -2.37. The van der Waals surface area contributed by atoms with Crippen molar-refractivity contribution in [2.75, 3.05) is 26.7 Å². The second-order valence-corrected chi connectivity index (χ2v) is 7.50. The Morgan fingerprint density at radius 2 is 2.10 bits per heavy atom. The predicted molar refractivity (Wildman–Crippen MR) is 83.1 cm³/mol. The van der Waals surface area contributed by atoms with Crippen LogP contribution in [0.25, 0.3) is 0 Å². The maximum atomic E-state index is 13.9. The number of hydrogen-bond acceptors (Lipinski definition) is 4. The largest absolute Gasteiger partial charge is 0.389 e. The Kier molecular flexibility index (Phi) is 4.62. The maximum Gasteiger partial charge on any atom is 0.244 e. The Bertz CT molecular complexity index is 663. The lowest BCUT2D eigenvalue weighted by molar-refractivity contribution is 0.170. The minimum absolute atomic E-state index is 0.161. The first kappa shape index (κ1) is 16.3. The minimum atomic E-state index is -3.83. The van der Waals surface area contributed by atoms with Gasteiger partial charge in [-0.3, -0.25) is 0 Å². The summed E-state index contributed by atoms with van der Waals surface area (Å²) in [6, 6.07) is 3.65. The number of nitrogens with zero attached hydrogens (tertiary/aromatic N) is 2. The van der Waals surface area contributed by atoms with Gasteiger partial charge in [0.25, 0.3) is 0 Å². The van der Waals surface area contributed by atoms with Crippen LogP contribution in [0, 0.1) is 5.82 Å². The van der Waals surface area contributed by atoms with Crippen LogP contribution in [0.4, 0.5) is 4.39 Å². The zero-order valence-electron chi connectivity index (χ0n) is 11.9. The lowest BCUT2D eigenvalue weighted by atomic mass is 10.2. The first-order valence-corrected chi connectivity index (χ1v) is 8.38. The molecular weight excluding hydrogens is 313 g/mol. The van der Waals surface area contributed by atoms with Crippen molar-refractivity contribution in [2.45, 2.75) is 17.9 Å². The average Bonchev–Trinajstić information content (AvgIpc) is 2.37. The molecule has 1 saturated heterocycles. The van der Waals surface area contributed by atoms with Crippen LogP contribution in [0.3, 0.4) is 0 Å². The normalized spacial score (nSPS) is 21.4. The second-order valence-electron chi connectivity index (χ2n) is 5.20. The van der Waals surface area contributed by atoms with Crippen LogP contribution >= 0.6 is 12.2 Å². The third kappa shape index (κ3) is 3.08. The number of benzene rings is 1. The molecule has 5 nitrogen and oxygen atoms in total. The van der Waals surface area contributed by atoms with Gasteiger partial charge in [0.2, 0.25) is 10.0 Å². The highest BCUT2D eigenvalue weighted by Gasteiger charge is 2.35. The number of hydrogen-bond donors (Lipinski definition) is 1. The number of sulfonamides is 1. The maximum absolute atomic E-state index is 13.9. The second kappa shape index (κ2) is 5.96. The first-order chi connectivity index (χ1) is 9.75. The summed E-state index contributed by atoms with van der Waals surface area (Å²) in [6.07, 6.45) is 0. The van der Waals surface area contributed by atoms with Crippen LogP contribution in [0.1, 0.15) is 12.5 Å². The van der Waals surface area contributed by atoms with E-state index in [-0.39, 0.29) is 21.5 Å². The van der Waals surface area contributed by atoms with E-state index in [1.54, 1.807) is 0 Å². The van der Waals surface area contributed by atoms with E-state index < -0.39 is 15.8 Å². The molecule has 0 aromatic heterocycles. The molecule has 1 heterocycles. The molecule has 0 spiro atoms. The Balaban J connectivity index is 2.50. The van der Waals surface area contributed by atoms with Gasteiger partial charge in [-0.05, 0) is 26.1 Å². The highest BCUT2D eigenvalue weighted by molar-refractivity contribution is 7.89. The van der Waals surface area contributed by atoms with E-state index in [9.17, 15) is 12.8 Å². The number of rotatable bonds is 3. The van der Waals surface area contributed by atoms with E-state index in [0.717, 1.165) is 6.07 Å². The van der Waals surface area contributed by atoms with Crippen molar-refractivity contribution in [3.8, 4) is 0 Å². The number of halogens is 1. The molecular formula is C13H18FN3O2S2. The molecule has 1 aromatic rings. The van der Waals surface area contributed by atoms with Crippen molar-refractivity contribution < 1.29 is 12.8 Å². The number of nitrogens with two attached hydrogens (primary N) is 1. The monoisotopic (exact) mass is 331 g/mol. The first-order valence-electron chi connectivity index (χ1n) is 6.54. The Hall–Kier alpha value is -1.09. The molecule has 0 radical (unpaired) electrons. The fourth-order valence-corrected chi connectivity index (χ4v) is 4.67. The van der Waals surface area contributed by atoms with Crippen LogP contribution in [0.15, 0.2) is 23.1 Å². The summed E-state index contributed by atoms with van der Waals surface area (Å²) in [5, 5.41) is 0. The van der Waals surface area contributed by atoms with Gasteiger partial charge in [0.1, 0.15) is 10.8 Å². The molecule has 1 atom stereocenters. The summed E-state index contributed by atoms with van der Waals surface area (Å²) in [7, 11) is -1.90. The van der Waals surface area contributed by atoms with E-state index in [1.807, 2.05) is 14.0 Å². The van der Waals surface area contributed by atoms with Crippen LogP contribution in [0.5, 0.6) is 0 Å². The van der Waals surface area contributed by atoms with E-state index in [2.05, 4.69) is 4.90 Å². The minimum Gasteiger partial charge on any atom is -0.389 e. The Labute approximate surface area is 129 Å². The van der Waals surface area contributed by atoms with Crippen molar-refractivity contribution >= 4 is 27.2 Å². The molecule has 1 fully saturated rings. The van der Waals surface area contributed by atoms with Crippen molar-refractivity contribution in [3.63, 3.8) is 0 Å². The van der Waals surface area contributed by atoms with Gasteiger partial charge >= 0.3 is 0 Å². The zero-order valence-corrected chi connectivity index (χ0v) is 13.5. The third-order valence-corrected chi connectivity index (χ3v) is 5.84. The summed E-state index contributed by atoms with van der Waals surface area (Å²) in [4.78, 5) is 1.64. The predicted octanol–water partition coefficient (Wildman–Crippen LogP) is 0.784. The number of piperazine rings is 1. The molecule has 0 amide bonds. The van der Waals surface area contributed by atoms with Crippen molar-refractivity contribution in [1.29, 1.82) is 0 Å². The van der Waals surface area contributed by atoms with Gasteiger partial charge in [-0.25, -0.2) is 12.8 Å². The highest BCUT2D eigenvalue weighted by Crippen LogP contribution is 2.25. The summed E-state index contributed by atoms with van der Waals surface area (Å²) < 4.78 is 40.9. The fourth-order valence-electron chi connectivity index (χ4n) is 2.56. The van der Waals surface area contributed by atoms with Crippen LogP contribution < -0.4 is 5.73 Å². The molecule has 116 valence electrons. The van der Waals surface area contributed by atoms with Gasteiger partial charge in [-0.2, -0.15) is 4.31 Å². The quantitative estimate of drug-likeness (QED) is 0.830. The molecule has 2 N–H and O–H groups in total. The van der Waals surface area contributed by atoms with Crippen molar-refractivity contribution in [2.24, 2.45) is 5.73 Å². The van der Waals surface area contributed by atoms with Crippen LogP contribution in [-0.2, 0) is 10.0 Å². The van der Waals surface area contributed by atoms with Crippen molar-refractivity contribution in [1.82, 2.24) is 9.21 Å². The van der Waals surface area contributed by atoms with Gasteiger partial charge in [-0.1, -0.05) is 18.3 Å². The molecule has 8 heteroatoms. The topological polar surface area (TPSA) is 66.6 Å². The fraction of sp³-hybridized carbons (Fsp3) is 0.462. The molecule has 1 aromatic carbocycles. The smallest absolute Gasteiger partial charge is 0.244 e. The SMILES string of the molecule is CC1CN(C)CCN1S(=O)(=O)c1cccc(F)c1C(N)=S. The van der Waals surface area contributed by atoms with E-state index in [1.165, 1.54) is 16.4 Å². The van der Waals surface area contributed by atoms with E-state index in [4.69, 9.17) is 18.0 Å². The number of likely N-dealkylation sites (N-methyl/N-ethyl adjacent to an activating group) is 1. The summed E-state index contributed by atoms with van der Waals surface area (Å²) in [5.41, 5.74) is 5.29. The van der Waals surface area contributed by atoms with Gasteiger partial charge in [-0.15, -0.1) is 0 Å². The van der Waals surface area contributed by atoms with E-state index in [0.29, 0.717) is 19.6 Å². The Morgan fingerprint density at radius 1 is 1.43 bits per heavy atom. The highest BCUT2D eigenvalue weighted by atomic mass is 32.2. The van der Waals surface area contributed by atoms with Gasteiger partial charge in [0, 0.05) is 25.7 Å². The molecule has 0 aliphatic carbocycles. The van der Waals surface area contributed by atoms with Gasteiger partial charge < -0.3 is 10.6 Å². The molecule has 0 bridgehead atoms. The third-order valence-electron chi connectivity index (χ3n) is 3.58. The van der Waals surface area contributed by atoms with Crippen LogP contribution in [0.2, 0.25) is 0 Å². The summed E-state index contributed by atoms with van der Waals surface area (Å²) in [6.45, 7) is 3.43. The molecule has 2 rings (SSSR count). The van der Waals surface area contributed by atoms with Crippen molar-refractivity contribution in [3.05, 3.63) is 29.6 Å². The molecule has 21 heavy (non-hydrogen) atoms. The molecule has 1 aliphatic rings. The zero-order chi connectivity index (χ0) is 15.8. The molecule has 0 saturated carbocycles. The van der Waals surface area contributed by atoms with Crippen LogP contribution in [-0.4, -0.2) is 55.3 Å². The average molecular weight is 331 g/mol. The lowest BCUT2D eigenvalue weighted by Crippen LogP contribution is -2.52. The molecule has 1 aliphatic heterocycles. The van der Waals surface area contributed by atoms with E-state index >= 15 is 0 Å². The Morgan fingerprint density at radius 3 is 2.67 bits per heavy atom. The summed E-state index contributed by atoms with van der Waals surface area (Å²) in [5.74, 6) is -0.717. The number of thiocarbonyl (C=S) groups is 1. The summed E-state index contributed by atoms with van der Waals surface area (Å²) >= 11 is 4.80. The van der Waals surface area contributed by atoms with Gasteiger partial charge in [0.15, 0.2) is 0 Å².